The second kappa shape index (κ2) is 6.41. The van der Waals surface area contributed by atoms with Gasteiger partial charge in [0.1, 0.15) is 5.65 Å². The van der Waals surface area contributed by atoms with Gasteiger partial charge < -0.3 is 9.72 Å². The molecule has 0 radical (unpaired) electrons. The molecule has 1 aliphatic carbocycles. The van der Waals surface area contributed by atoms with Crippen molar-refractivity contribution in [2.24, 2.45) is 0 Å². The number of rotatable bonds is 5. The van der Waals surface area contributed by atoms with E-state index in [9.17, 15) is 0 Å². The molecule has 1 N–H and O–H groups in total. The van der Waals surface area contributed by atoms with Crippen LogP contribution in [0.15, 0.2) is 24.4 Å². The maximum Gasteiger partial charge on any atom is 0.137 e. The Morgan fingerprint density at radius 3 is 2.86 bits per heavy atom. The second-order valence-electron chi connectivity index (χ2n) is 6.12. The molecule has 2 aromatic rings. The van der Waals surface area contributed by atoms with E-state index in [2.05, 4.69) is 58.0 Å². The number of fused-ring (bicyclic) bond motifs is 1. The van der Waals surface area contributed by atoms with Gasteiger partial charge in [0.2, 0.25) is 0 Å². The smallest absolute Gasteiger partial charge is 0.137 e. The van der Waals surface area contributed by atoms with Gasteiger partial charge in [-0.25, -0.2) is 4.98 Å². The Morgan fingerprint density at radius 2 is 2.10 bits per heavy atom. The number of nitrogens with zero attached hydrogens (tertiary/aromatic N) is 2. The van der Waals surface area contributed by atoms with Crippen LogP contribution in [0.5, 0.6) is 0 Å². The monoisotopic (exact) mass is 303 g/mol. The summed E-state index contributed by atoms with van der Waals surface area (Å²) in [6, 6.07) is 6.19. The average Bonchev–Trinajstić information content (AvgIpc) is 2.84. The Bertz CT molecular complexity index is 599. The fraction of sp³-hybridized carbons (Fsp3) is 0.588. The highest BCUT2D eigenvalue weighted by Crippen LogP contribution is 2.38. The fourth-order valence-electron chi connectivity index (χ4n) is 3.44. The molecule has 3 rings (SSSR count). The molecule has 3 nitrogen and oxygen atoms in total. The van der Waals surface area contributed by atoms with Crippen LogP contribution in [-0.2, 0) is 6.54 Å². The second-order valence-corrected chi connectivity index (χ2v) is 7.40. The van der Waals surface area contributed by atoms with Crippen LogP contribution in [0.1, 0.15) is 43.5 Å². The summed E-state index contributed by atoms with van der Waals surface area (Å²) in [4.78, 5) is 4.63. The van der Waals surface area contributed by atoms with Crippen molar-refractivity contribution in [2.75, 3.05) is 12.8 Å². The van der Waals surface area contributed by atoms with Crippen molar-refractivity contribution in [2.45, 2.75) is 50.3 Å². The quantitative estimate of drug-likeness (QED) is 0.911. The van der Waals surface area contributed by atoms with Crippen molar-refractivity contribution < 1.29 is 0 Å². The van der Waals surface area contributed by atoms with E-state index in [0.717, 1.165) is 24.4 Å². The zero-order valence-electron chi connectivity index (χ0n) is 13.1. The van der Waals surface area contributed by atoms with Gasteiger partial charge in [-0.2, -0.15) is 11.8 Å². The van der Waals surface area contributed by atoms with E-state index >= 15 is 0 Å². The number of aryl methyl sites for hydroxylation is 1. The first-order chi connectivity index (χ1) is 10.2. The van der Waals surface area contributed by atoms with E-state index in [1.54, 1.807) is 0 Å². The molecule has 2 heterocycles. The van der Waals surface area contributed by atoms with E-state index in [1.165, 1.54) is 37.8 Å². The van der Waals surface area contributed by atoms with Crippen molar-refractivity contribution in [3.8, 4) is 0 Å². The molecule has 0 saturated heterocycles. The molecule has 114 valence electrons. The maximum absolute atomic E-state index is 4.63. The molecule has 0 atom stereocenters. The van der Waals surface area contributed by atoms with Crippen LogP contribution in [0.2, 0.25) is 0 Å². The van der Waals surface area contributed by atoms with Gasteiger partial charge in [0, 0.05) is 24.0 Å². The molecule has 1 saturated carbocycles. The van der Waals surface area contributed by atoms with E-state index < -0.39 is 0 Å². The SMILES string of the molecule is CSC1(CNCc2c(C)nc3ccccn23)CCCCC1. The Morgan fingerprint density at radius 1 is 1.29 bits per heavy atom. The molecular weight excluding hydrogens is 278 g/mol. The minimum absolute atomic E-state index is 0.451. The van der Waals surface area contributed by atoms with Crippen molar-refractivity contribution in [1.82, 2.24) is 14.7 Å². The lowest BCUT2D eigenvalue weighted by Gasteiger charge is -2.36. The van der Waals surface area contributed by atoms with Crippen LogP contribution in [0, 0.1) is 6.92 Å². The average molecular weight is 303 g/mol. The first-order valence-electron chi connectivity index (χ1n) is 7.92. The van der Waals surface area contributed by atoms with Gasteiger partial charge >= 0.3 is 0 Å². The first kappa shape index (κ1) is 14.9. The first-order valence-corrected chi connectivity index (χ1v) is 9.15. The lowest BCUT2D eigenvalue weighted by molar-refractivity contribution is 0.378. The van der Waals surface area contributed by atoms with Crippen LogP contribution < -0.4 is 5.32 Å². The van der Waals surface area contributed by atoms with Crippen LogP contribution in [0.3, 0.4) is 0 Å². The van der Waals surface area contributed by atoms with E-state index in [-0.39, 0.29) is 0 Å². The molecule has 4 heteroatoms. The zero-order chi connectivity index (χ0) is 14.7. The van der Waals surface area contributed by atoms with Crippen molar-refractivity contribution in [3.05, 3.63) is 35.8 Å². The van der Waals surface area contributed by atoms with Crippen LogP contribution >= 0.6 is 11.8 Å². The van der Waals surface area contributed by atoms with E-state index in [1.807, 2.05) is 6.07 Å². The Hall–Kier alpha value is -1.00. The minimum Gasteiger partial charge on any atom is -0.310 e. The number of hydrogen-bond acceptors (Lipinski definition) is 3. The topological polar surface area (TPSA) is 29.3 Å². The van der Waals surface area contributed by atoms with Crippen molar-refractivity contribution in [1.29, 1.82) is 0 Å². The van der Waals surface area contributed by atoms with Crippen LogP contribution in [-0.4, -0.2) is 26.9 Å². The Kier molecular flexibility index (Phi) is 4.55. The molecular formula is C17H25N3S. The molecule has 0 bridgehead atoms. The minimum atomic E-state index is 0.451. The Labute approximate surface area is 131 Å². The summed E-state index contributed by atoms with van der Waals surface area (Å²) in [5, 5.41) is 3.70. The number of aromatic nitrogens is 2. The maximum atomic E-state index is 4.63. The predicted molar refractivity (Wildman–Crippen MR) is 91.0 cm³/mol. The third-order valence-electron chi connectivity index (χ3n) is 4.77. The number of thioether (sulfide) groups is 1. The molecule has 0 aliphatic heterocycles. The fourth-order valence-corrected chi connectivity index (χ4v) is 4.38. The molecule has 0 aromatic carbocycles. The molecule has 0 amide bonds. The summed E-state index contributed by atoms with van der Waals surface area (Å²) >= 11 is 2.05. The summed E-state index contributed by atoms with van der Waals surface area (Å²) in [6.07, 6.45) is 11.3. The van der Waals surface area contributed by atoms with Gasteiger partial charge in [-0.15, -0.1) is 0 Å². The van der Waals surface area contributed by atoms with Gasteiger partial charge in [-0.1, -0.05) is 25.3 Å². The summed E-state index contributed by atoms with van der Waals surface area (Å²) in [5.74, 6) is 0. The lowest BCUT2D eigenvalue weighted by Crippen LogP contribution is -2.39. The standard InChI is InChI=1S/C17H25N3S/c1-14-15(20-11-7-4-8-16(20)19-14)12-18-13-17(21-2)9-5-3-6-10-17/h4,7-8,11,18H,3,5-6,9-10,12-13H2,1-2H3. The summed E-state index contributed by atoms with van der Waals surface area (Å²) in [6.45, 7) is 4.11. The van der Waals surface area contributed by atoms with Crippen LogP contribution in [0.25, 0.3) is 5.65 Å². The highest BCUT2D eigenvalue weighted by Gasteiger charge is 2.30. The normalized spacial score (nSPS) is 18.2. The zero-order valence-corrected chi connectivity index (χ0v) is 13.9. The predicted octanol–water partition coefficient (Wildman–Crippen LogP) is 3.80. The molecule has 0 unspecified atom stereocenters. The lowest BCUT2D eigenvalue weighted by atomic mass is 9.88. The van der Waals surface area contributed by atoms with Gasteiger partial charge in [-0.3, -0.25) is 0 Å². The third kappa shape index (κ3) is 3.11. The number of hydrogen-bond donors (Lipinski definition) is 1. The Balaban J connectivity index is 1.67. The molecule has 0 spiro atoms. The summed E-state index contributed by atoms with van der Waals surface area (Å²) < 4.78 is 2.65. The molecule has 1 fully saturated rings. The van der Waals surface area contributed by atoms with E-state index in [0.29, 0.717) is 4.75 Å². The summed E-state index contributed by atoms with van der Waals surface area (Å²) in [5.41, 5.74) is 3.47. The van der Waals surface area contributed by atoms with Gasteiger partial charge in [0.15, 0.2) is 0 Å². The number of imidazole rings is 1. The van der Waals surface area contributed by atoms with Gasteiger partial charge in [0.25, 0.3) is 0 Å². The molecule has 21 heavy (non-hydrogen) atoms. The molecule has 2 aromatic heterocycles. The van der Waals surface area contributed by atoms with Crippen LogP contribution in [0.4, 0.5) is 0 Å². The van der Waals surface area contributed by atoms with Crippen molar-refractivity contribution >= 4 is 17.4 Å². The van der Waals surface area contributed by atoms with Gasteiger partial charge in [-0.05, 0) is 38.2 Å². The largest absolute Gasteiger partial charge is 0.310 e. The molecule has 1 aliphatic rings. The number of nitrogens with one attached hydrogen (secondary N) is 1. The third-order valence-corrected chi connectivity index (χ3v) is 6.19. The number of pyridine rings is 1. The van der Waals surface area contributed by atoms with E-state index in [4.69, 9.17) is 0 Å². The summed E-state index contributed by atoms with van der Waals surface area (Å²) in [7, 11) is 0. The highest BCUT2D eigenvalue weighted by molar-refractivity contribution is 8.00. The van der Waals surface area contributed by atoms with Crippen molar-refractivity contribution in [3.63, 3.8) is 0 Å². The van der Waals surface area contributed by atoms with Gasteiger partial charge in [0.05, 0.1) is 11.4 Å². The highest BCUT2D eigenvalue weighted by atomic mass is 32.2.